The van der Waals surface area contributed by atoms with Gasteiger partial charge in [-0.05, 0) is 18.6 Å². The van der Waals surface area contributed by atoms with Crippen molar-refractivity contribution >= 4 is 11.6 Å². The molecule has 0 saturated carbocycles. The van der Waals surface area contributed by atoms with Crippen LogP contribution in [-0.4, -0.2) is 20.0 Å². The van der Waals surface area contributed by atoms with E-state index < -0.39 is 0 Å². The van der Waals surface area contributed by atoms with Gasteiger partial charge in [0.1, 0.15) is 0 Å². The molecule has 0 aromatic carbocycles. The summed E-state index contributed by atoms with van der Waals surface area (Å²) in [5, 5.41) is 15.0. The van der Waals surface area contributed by atoms with Gasteiger partial charge in [-0.25, -0.2) is 0 Å². The molecule has 0 spiro atoms. The molecule has 2 rings (SSSR count). The second-order valence-electron chi connectivity index (χ2n) is 3.12. The maximum absolute atomic E-state index is 4.17. The average Bonchev–Trinajstić information content (AvgIpc) is 2.51. The Bertz CT molecular complexity index is 434. The van der Waals surface area contributed by atoms with Gasteiger partial charge >= 0.3 is 0 Å². The fourth-order valence-corrected chi connectivity index (χ4v) is 1.14. The smallest absolute Gasteiger partial charge is 0.154 e. The second kappa shape index (κ2) is 3.45. The van der Waals surface area contributed by atoms with Gasteiger partial charge in [-0.15, -0.1) is 5.10 Å². The van der Waals surface area contributed by atoms with Crippen molar-refractivity contribution in [3.05, 3.63) is 30.1 Å². The fourth-order valence-electron chi connectivity index (χ4n) is 1.14. The van der Waals surface area contributed by atoms with Crippen LogP contribution in [0.5, 0.6) is 0 Å². The van der Waals surface area contributed by atoms with E-state index >= 15 is 0 Å². The molecule has 2 aromatic rings. The van der Waals surface area contributed by atoms with Crippen LogP contribution in [0, 0.1) is 6.92 Å². The molecule has 0 aliphatic carbocycles. The summed E-state index contributed by atoms with van der Waals surface area (Å²) < 4.78 is 1.73. The highest BCUT2D eigenvalue weighted by atomic mass is 15.3. The van der Waals surface area contributed by atoms with Crippen LogP contribution in [0.3, 0.4) is 0 Å². The van der Waals surface area contributed by atoms with Gasteiger partial charge in [0.2, 0.25) is 0 Å². The van der Waals surface area contributed by atoms with E-state index in [0.29, 0.717) is 5.82 Å². The monoisotopic (exact) mass is 189 g/mol. The van der Waals surface area contributed by atoms with E-state index in [1.807, 2.05) is 32.3 Å². The van der Waals surface area contributed by atoms with Crippen LogP contribution in [-0.2, 0) is 7.05 Å². The summed E-state index contributed by atoms with van der Waals surface area (Å²) in [4.78, 5) is 0. The van der Waals surface area contributed by atoms with Crippen molar-refractivity contribution in [3.8, 4) is 0 Å². The number of anilines is 2. The number of nitrogens with one attached hydrogen (secondary N) is 1. The molecule has 0 fully saturated rings. The van der Waals surface area contributed by atoms with E-state index in [0.717, 1.165) is 11.4 Å². The standard InChI is InChI=1S/C9H11N5/c1-7-5-9(12-10-6-7)11-8-3-4-14(2)13-8/h3-6H,1-2H3,(H,11,12,13). The van der Waals surface area contributed by atoms with Crippen LogP contribution in [0.4, 0.5) is 11.6 Å². The van der Waals surface area contributed by atoms with Crippen molar-refractivity contribution in [2.24, 2.45) is 7.05 Å². The Balaban J connectivity index is 2.18. The van der Waals surface area contributed by atoms with Crippen molar-refractivity contribution < 1.29 is 0 Å². The highest BCUT2D eigenvalue weighted by Crippen LogP contribution is 2.10. The summed E-state index contributed by atoms with van der Waals surface area (Å²) in [6.45, 7) is 1.97. The molecule has 5 heteroatoms. The molecule has 0 atom stereocenters. The summed E-state index contributed by atoms with van der Waals surface area (Å²) in [5.74, 6) is 1.48. The van der Waals surface area contributed by atoms with Crippen LogP contribution in [0.1, 0.15) is 5.56 Å². The first-order valence-corrected chi connectivity index (χ1v) is 4.30. The van der Waals surface area contributed by atoms with Gasteiger partial charge < -0.3 is 5.32 Å². The zero-order valence-corrected chi connectivity index (χ0v) is 8.10. The minimum absolute atomic E-state index is 0.712. The lowest BCUT2D eigenvalue weighted by atomic mass is 10.3. The van der Waals surface area contributed by atoms with Gasteiger partial charge in [-0.2, -0.15) is 10.2 Å². The van der Waals surface area contributed by atoms with Crippen molar-refractivity contribution in [1.82, 2.24) is 20.0 Å². The minimum Gasteiger partial charge on any atom is -0.322 e. The first kappa shape index (κ1) is 8.68. The molecule has 0 radical (unpaired) electrons. The van der Waals surface area contributed by atoms with Gasteiger partial charge in [-0.1, -0.05) is 0 Å². The Kier molecular flexibility index (Phi) is 2.14. The molecule has 1 N–H and O–H groups in total. The maximum Gasteiger partial charge on any atom is 0.154 e. The van der Waals surface area contributed by atoms with Crippen LogP contribution in [0.25, 0.3) is 0 Å². The van der Waals surface area contributed by atoms with Gasteiger partial charge in [0, 0.05) is 19.3 Å². The van der Waals surface area contributed by atoms with Gasteiger partial charge in [0.25, 0.3) is 0 Å². The van der Waals surface area contributed by atoms with Crippen molar-refractivity contribution in [2.75, 3.05) is 5.32 Å². The fraction of sp³-hybridized carbons (Fsp3) is 0.222. The molecule has 0 unspecified atom stereocenters. The van der Waals surface area contributed by atoms with Gasteiger partial charge in [0.15, 0.2) is 11.6 Å². The highest BCUT2D eigenvalue weighted by molar-refractivity contribution is 5.50. The number of aryl methyl sites for hydroxylation is 2. The predicted octanol–water partition coefficient (Wildman–Crippen LogP) is 1.26. The minimum atomic E-state index is 0.712. The SMILES string of the molecule is Cc1cnnc(Nc2ccn(C)n2)c1. The molecular formula is C9H11N5. The van der Waals surface area contributed by atoms with E-state index in [1.54, 1.807) is 10.9 Å². The van der Waals surface area contributed by atoms with E-state index in [2.05, 4.69) is 20.6 Å². The first-order chi connectivity index (χ1) is 6.74. The molecule has 2 heterocycles. The normalized spacial score (nSPS) is 10.1. The molecule has 2 aromatic heterocycles. The van der Waals surface area contributed by atoms with E-state index in [4.69, 9.17) is 0 Å². The van der Waals surface area contributed by atoms with Crippen molar-refractivity contribution in [1.29, 1.82) is 0 Å². The van der Waals surface area contributed by atoms with Gasteiger partial charge in [-0.3, -0.25) is 4.68 Å². The summed E-state index contributed by atoms with van der Waals surface area (Å²) in [6, 6.07) is 3.80. The summed E-state index contributed by atoms with van der Waals surface area (Å²) >= 11 is 0. The van der Waals surface area contributed by atoms with Crippen molar-refractivity contribution in [3.63, 3.8) is 0 Å². The third-order valence-corrected chi connectivity index (χ3v) is 1.76. The lowest BCUT2D eigenvalue weighted by Gasteiger charge is -2.00. The Labute approximate surface area is 81.8 Å². The largest absolute Gasteiger partial charge is 0.322 e. The molecule has 0 bridgehead atoms. The number of rotatable bonds is 2. The zero-order chi connectivity index (χ0) is 9.97. The summed E-state index contributed by atoms with van der Waals surface area (Å²) in [7, 11) is 1.87. The Hall–Kier alpha value is -1.91. The van der Waals surface area contributed by atoms with Crippen LogP contribution < -0.4 is 5.32 Å². The maximum atomic E-state index is 4.17. The number of aromatic nitrogens is 4. The Morgan fingerprint density at radius 3 is 2.86 bits per heavy atom. The van der Waals surface area contributed by atoms with Crippen LogP contribution >= 0.6 is 0 Å². The molecule has 0 amide bonds. The molecule has 0 saturated heterocycles. The molecule has 0 aliphatic heterocycles. The highest BCUT2D eigenvalue weighted by Gasteiger charge is 1.98. The van der Waals surface area contributed by atoms with E-state index in [1.165, 1.54) is 0 Å². The zero-order valence-electron chi connectivity index (χ0n) is 8.10. The molecule has 0 aliphatic rings. The molecule has 72 valence electrons. The van der Waals surface area contributed by atoms with Crippen LogP contribution in [0.2, 0.25) is 0 Å². The molecule has 14 heavy (non-hydrogen) atoms. The third-order valence-electron chi connectivity index (χ3n) is 1.76. The number of hydrogen-bond acceptors (Lipinski definition) is 4. The molecular weight excluding hydrogens is 178 g/mol. The lowest BCUT2D eigenvalue weighted by molar-refractivity contribution is 0.771. The second-order valence-corrected chi connectivity index (χ2v) is 3.12. The molecule has 5 nitrogen and oxygen atoms in total. The number of nitrogens with zero attached hydrogens (tertiary/aromatic N) is 4. The Morgan fingerprint density at radius 1 is 1.36 bits per heavy atom. The predicted molar refractivity (Wildman–Crippen MR) is 53.3 cm³/mol. The first-order valence-electron chi connectivity index (χ1n) is 4.30. The van der Waals surface area contributed by atoms with Crippen LogP contribution in [0.15, 0.2) is 24.5 Å². The third kappa shape index (κ3) is 1.87. The topological polar surface area (TPSA) is 55.6 Å². The summed E-state index contributed by atoms with van der Waals surface area (Å²) in [5.41, 5.74) is 1.07. The Morgan fingerprint density at radius 2 is 2.21 bits per heavy atom. The average molecular weight is 189 g/mol. The summed E-state index contributed by atoms with van der Waals surface area (Å²) in [6.07, 6.45) is 3.58. The lowest BCUT2D eigenvalue weighted by Crippen LogP contribution is -1.97. The van der Waals surface area contributed by atoms with E-state index in [9.17, 15) is 0 Å². The number of hydrogen-bond donors (Lipinski definition) is 1. The van der Waals surface area contributed by atoms with Gasteiger partial charge in [0.05, 0.1) is 6.20 Å². The quantitative estimate of drug-likeness (QED) is 0.772. The van der Waals surface area contributed by atoms with E-state index in [-0.39, 0.29) is 0 Å². The van der Waals surface area contributed by atoms with Crippen molar-refractivity contribution in [2.45, 2.75) is 6.92 Å².